The molecule has 2 heterocycles. The molecule has 1 aliphatic rings. The lowest BCUT2D eigenvalue weighted by atomic mass is 9.85. The van der Waals surface area contributed by atoms with Crippen LogP contribution in [0.1, 0.15) is 40.0 Å². The van der Waals surface area contributed by atoms with Gasteiger partial charge in [-0.3, -0.25) is 0 Å². The topological polar surface area (TPSA) is 76.3 Å². The Kier molecular flexibility index (Phi) is 4.30. The van der Waals surface area contributed by atoms with E-state index in [9.17, 15) is 8.42 Å². The Balaban J connectivity index is 2.35. The second kappa shape index (κ2) is 5.52. The van der Waals surface area contributed by atoms with Gasteiger partial charge in [-0.05, 0) is 36.2 Å². The van der Waals surface area contributed by atoms with Crippen LogP contribution in [0.15, 0.2) is 4.90 Å². The minimum Gasteiger partial charge on any atom is -0.382 e. The zero-order chi connectivity index (χ0) is 15.0. The maximum absolute atomic E-state index is 12.2. The lowest BCUT2D eigenvalue weighted by Crippen LogP contribution is -2.26. The minimum absolute atomic E-state index is 0.0575. The maximum atomic E-state index is 12.2. The molecule has 0 unspecified atom stereocenters. The van der Waals surface area contributed by atoms with Crippen LogP contribution in [0.5, 0.6) is 0 Å². The summed E-state index contributed by atoms with van der Waals surface area (Å²) in [5.74, 6) is 0.206. The number of sulfone groups is 1. The number of nitrogen functional groups attached to an aromatic ring is 1. The van der Waals surface area contributed by atoms with Gasteiger partial charge in [0.05, 0.1) is 5.75 Å². The monoisotopic (exact) mass is 317 g/mol. The first-order valence-electron chi connectivity index (χ1n) is 7.00. The van der Waals surface area contributed by atoms with Gasteiger partial charge in [-0.25, -0.2) is 8.42 Å². The molecule has 5 nitrogen and oxygen atoms in total. The van der Waals surface area contributed by atoms with Crippen LogP contribution in [-0.2, 0) is 9.84 Å². The molecule has 1 aromatic heterocycles. The fourth-order valence-electron chi connectivity index (χ4n) is 2.55. The summed E-state index contributed by atoms with van der Waals surface area (Å²) in [6, 6.07) is 0. The van der Waals surface area contributed by atoms with Crippen molar-refractivity contribution in [3.63, 3.8) is 0 Å². The van der Waals surface area contributed by atoms with Crippen molar-refractivity contribution in [3.05, 3.63) is 0 Å². The molecule has 7 heteroatoms. The Morgan fingerprint density at radius 3 is 2.70 bits per heavy atom. The zero-order valence-corrected chi connectivity index (χ0v) is 14.0. The second-order valence-corrected chi connectivity index (χ2v) is 9.08. The predicted octanol–water partition coefficient (Wildman–Crippen LogP) is 2.54. The SMILES string of the molecule is CCS(=O)(=O)c1c(N)nsc1N1CCCC(C)(C)CC1. The zero-order valence-electron chi connectivity index (χ0n) is 12.3. The minimum atomic E-state index is -3.32. The van der Waals surface area contributed by atoms with Crippen LogP contribution < -0.4 is 10.6 Å². The first-order chi connectivity index (χ1) is 9.27. The van der Waals surface area contributed by atoms with Crippen molar-refractivity contribution in [2.45, 2.75) is 44.9 Å². The van der Waals surface area contributed by atoms with Crippen LogP contribution in [0.3, 0.4) is 0 Å². The third kappa shape index (κ3) is 3.09. The van der Waals surface area contributed by atoms with Gasteiger partial charge < -0.3 is 10.6 Å². The molecule has 1 aromatic rings. The van der Waals surface area contributed by atoms with E-state index in [2.05, 4.69) is 23.1 Å². The average Bonchev–Trinajstić information content (AvgIpc) is 2.66. The van der Waals surface area contributed by atoms with Crippen LogP contribution >= 0.6 is 11.5 Å². The third-order valence-electron chi connectivity index (χ3n) is 3.98. The summed E-state index contributed by atoms with van der Waals surface area (Å²) >= 11 is 1.21. The van der Waals surface area contributed by atoms with Crippen LogP contribution in [-0.4, -0.2) is 31.6 Å². The summed E-state index contributed by atoms with van der Waals surface area (Å²) in [7, 11) is -3.32. The van der Waals surface area contributed by atoms with Gasteiger partial charge in [-0.2, -0.15) is 4.37 Å². The van der Waals surface area contributed by atoms with E-state index in [0.717, 1.165) is 37.4 Å². The molecule has 20 heavy (non-hydrogen) atoms. The Morgan fingerprint density at radius 1 is 1.35 bits per heavy atom. The molecule has 0 spiro atoms. The number of nitrogens with zero attached hydrogens (tertiary/aromatic N) is 2. The highest BCUT2D eigenvalue weighted by Crippen LogP contribution is 2.38. The van der Waals surface area contributed by atoms with E-state index in [1.807, 2.05) is 0 Å². The van der Waals surface area contributed by atoms with Crippen molar-refractivity contribution in [1.29, 1.82) is 0 Å². The molecule has 1 aliphatic heterocycles. The van der Waals surface area contributed by atoms with Gasteiger partial charge in [-0.1, -0.05) is 20.8 Å². The summed E-state index contributed by atoms with van der Waals surface area (Å²) in [5.41, 5.74) is 6.11. The number of hydrogen-bond donors (Lipinski definition) is 1. The van der Waals surface area contributed by atoms with E-state index < -0.39 is 9.84 Å². The highest BCUT2D eigenvalue weighted by Gasteiger charge is 2.30. The van der Waals surface area contributed by atoms with E-state index in [1.54, 1.807) is 6.92 Å². The standard InChI is InChI=1S/C13H23N3O2S2/c1-4-20(17,18)10-11(14)15-19-12(10)16-8-5-6-13(2,3)7-9-16/h4-9H2,1-3H3,(H2,14,15). The Hall–Kier alpha value is -0.820. The summed E-state index contributed by atoms with van der Waals surface area (Å²) in [6.45, 7) is 7.91. The molecule has 0 aliphatic carbocycles. The first-order valence-corrected chi connectivity index (χ1v) is 9.42. The van der Waals surface area contributed by atoms with E-state index in [-0.39, 0.29) is 16.5 Å². The van der Waals surface area contributed by atoms with Gasteiger partial charge in [-0.15, -0.1) is 0 Å². The molecule has 2 rings (SSSR count). The fourth-order valence-corrected chi connectivity index (χ4v) is 4.91. The Labute approximate surface area is 125 Å². The van der Waals surface area contributed by atoms with E-state index in [0.29, 0.717) is 5.41 Å². The first kappa shape index (κ1) is 15.6. The largest absolute Gasteiger partial charge is 0.382 e. The maximum Gasteiger partial charge on any atom is 0.184 e. The fraction of sp³-hybridized carbons (Fsp3) is 0.769. The van der Waals surface area contributed by atoms with Gasteiger partial charge >= 0.3 is 0 Å². The average molecular weight is 317 g/mol. The predicted molar refractivity (Wildman–Crippen MR) is 84.1 cm³/mol. The molecule has 2 N–H and O–H groups in total. The molecule has 0 amide bonds. The number of aromatic nitrogens is 1. The summed E-state index contributed by atoms with van der Waals surface area (Å²) in [5, 5.41) is 0.724. The lowest BCUT2D eigenvalue weighted by molar-refractivity contribution is 0.325. The van der Waals surface area contributed by atoms with E-state index >= 15 is 0 Å². The number of anilines is 2. The van der Waals surface area contributed by atoms with Gasteiger partial charge in [0.2, 0.25) is 0 Å². The lowest BCUT2D eigenvalue weighted by Gasteiger charge is -2.24. The summed E-state index contributed by atoms with van der Waals surface area (Å²) in [4.78, 5) is 2.38. The quantitative estimate of drug-likeness (QED) is 0.927. The third-order valence-corrected chi connectivity index (χ3v) is 6.81. The molecular formula is C13H23N3O2S2. The summed E-state index contributed by atoms with van der Waals surface area (Å²) < 4.78 is 28.5. The Morgan fingerprint density at radius 2 is 2.05 bits per heavy atom. The second-order valence-electron chi connectivity index (χ2n) is 6.11. The molecule has 1 fully saturated rings. The molecule has 114 valence electrons. The molecule has 0 aromatic carbocycles. The van der Waals surface area contributed by atoms with Crippen molar-refractivity contribution < 1.29 is 8.42 Å². The van der Waals surface area contributed by atoms with Crippen LogP contribution in [0.4, 0.5) is 10.8 Å². The van der Waals surface area contributed by atoms with Crippen molar-refractivity contribution >= 4 is 32.2 Å². The van der Waals surface area contributed by atoms with Crippen LogP contribution in [0.25, 0.3) is 0 Å². The van der Waals surface area contributed by atoms with Gasteiger partial charge in [0, 0.05) is 13.1 Å². The van der Waals surface area contributed by atoms with Crippen molar-refractivity contribution in [2.24, 2.45) is 5.41 Å². The number of rotatable bonds is 3. The molecule has 0 saturated carbocycles. The van der Waals surface area contributed by atoms with E-state index in [1.165, 1.54) is 11.5 Å². The summed E-state index contributed by atoms with van der Waals surface area (Å²) in [6.07, 6.45) is 3.28. The molecule has 1 saturated heterocycles. The smallest absolute Gasteiger partial charge is 0.184 e. The van der Waals surface area contributed by atoms with Crippen molar-refractivity contribution in [2.75, 3.05) is 29.5 Å². The van der Waals surface area contributed by atoms with Crippen molar-refractivity contribution in [1.82, 2.24) is 4.37 Å². The van der Waals surface area contributed by atoms with E-state index in [4.69, 9.17) is 5.73 Å². The van der Waals surface area contributed by atoms with Crippen LogP contribution in [0, 0.1) is 5.41 Å². The van der Waals surface area contributed by atoms with Crippen molar-refractivity contribution in [3.8, 4) is 0 Å². The molecule has 0 bridgehead atoms. The number of nitrogens with two attached hydrogens (primary N) is 1. The van der Waals surface area contributed by atoms with Gasteiger partial charge in [0.15, 0.2) is 15.7 Å². The normalized spacial score (nSPS) is 19.9. The van der Waals surface area contributed by atoms with Gasteiger partial charge in [0.1, 0.15) is 9.90 Å². The highest BCUT2D eigenvalue weighted by molar-refractivity contribution is 7.91. The number of hydrogen-bond acceptors (Lipinski definition) is 6. The molecule has 0 atom stereocenters. The van der Waals surface area contributed by atoms with Gasteiger partial charge in [0.25, 0.3) is 0 Å². The molecular weight excluding hydrogens is 294 g/mol. The molecule has 0 radical (unpaired) electrons. The highest BCUT2D eigenvalue weighted by atomic mass is 32.2. The Bertz CT molecular complexity index is 578. The van der Waals surface area contributed by atoms with Crippen LogP contribution in [0.2, 0.25) is 0 Å².